The molecule has 0 fully saturated rings. The Labute approximate surface area is 114 Å². The van der Waals surface area contributed by atoms with Gasteiger partial charge in [-0.3, -0.25) is 4.68 Å². The number of alkyl halides is 6. The standard InChI is InChI=1S/C12H8F6N2O/c13-11(14,15)6-20-5-7(4-19-20)9-3-8(12(16,17)18)1-2-10(9)21/h1-5,21H,6H2. The van der Waals surface area contributed by atoms with Crippen LogP contribution >= 0.6 is 0 Å². The third kappa shape index (κ3) is 3.67. The van der Waals surface area contributed by atoms with Crippen LogP contribution in [0, 0.1) is 0 Å². The second-order valence-corrected chi connectivity index (χ2v) is 4.27. The van der Waals surface area contributed by atoms with Gasteiger partial charge < -0.3 is 5.11 Å². The molecular weight excluding hydrogens is 302 g/mol. The Kier molecular flexibility index (Phi) is 3.60. The summed E-state index contributed by atoms with van der Waals surface area (Å²) in [6, 6.07) is 2.17. The van der Waals surface area contributed by atoms with E-state index in [4.69, 9.17) is 0 Å². The molecule has 0 amide bonds. The lowest BCUT2D eigenvalue weighted by Gasteiger charge is -2.09. The minimum atomic E-state index is -4.62. The van der Waals surface area contributed by atoms with Crippen LogP contribution in [0.1, 0.15) is 5.56 Å². The third-order valence-electron chi connectivity index (χ3n) is 2.61. The Morgan fingerprint density at radius 2 is 1.76 bits per heavy atom. The lowest BCUT2D eigenvalue weighted by atomic mass is 10.0. The largest absolute Gasteiger partial charge is 0.507 e. The summed E-state index contributed by atoms with van der Waals surface area (Å²) in [5.74, 6) is -0.477. The maximum Gasteiger partial charge on any atom is 0.416 e. The predicted octanol–water partition coefficient (Wildman–Crippen LogP) is 3.84. The first-order valence-electron chi connectivity index (χ1n) is 5.56. The highest BCUT2D eigenvalue weighted by Crippen LogP contribution is 2.36. The number of hydrogen-bond acceptors (Lipinski definition) is 2. The molecule has 3 nitrogen and oxygen atoms in total. The van der Waals surface area contributed by atoms with Gasteiger partial charge in [0.05, 0.1) is 11.8 Å². The van der Waals surface area contributed by atoms with Crippen molar-refractivity contribution < 1.29 is 31.4 Å². The molecular formula is C12H8F6N2O. The highest BCUT2D eigenvalue weighted by Gasteiger charge is 2.32. The Bertz CT molecular complexity index is 644. The molecule has 1 aromatic carbocycles. The summed E-state index contributed by atoms with van der Waals surface area (Å²) in [5.41, 5.74) is -1.29. The van der Waals surface area contributed by atoms with Crippen LogP contribution in [0.4, 0.5) is 26.3 Å². The van der Waals surface area contributed by atoms with E-state index in [0.717, 1.165) is 18.5 Å². The van der Waals surface area contributed by atoms with E-state index < -0.39 is 30.2 Å². The van der Waals surface area contributed by atoms with E-state index in [1.54, 1.807) is 0 Å². The topological polar surface area (TPSA) is 38.1 Å². The zero-order chi connectivity index (χ0) is 15.8. The van der Waals surface area contributed by atoms with Gasteiger partial charge in [-0.15, -0.1) is 0 Å². The molecule has 0 aliphatic carbocycles. The summed E-state index contributed by atoms with van der Waals surface area (Å²) in [6.45, 7) is -1.37. The SMILES string of the molecule is Oc1ccc(C(F)(F)F)cc1-c1cnn(CC(F)(F)F)c1. The van der Waals surface area contributed by atoms with Crippen LogP contribution in [0.3, 0.4) is 0 Å². The van der Waals surface area contributed by atoms with Crippen LogP contribution < -0.4 is 0 Å². The van der Waals surface area contributed by atoms with Crippen molar-refractivity contribution >= 4 is 0 Å². The van der Waals surface area contributed by atoms with Gasteiger partial charge in [-0.2, -0.15) is 31.4 Å². The van der Waals surface area contributed by atoms with E-state index >= 15 is 0 Å². The zero-order valence-corrected chi connectivity index (χ0v) is 10.2. The van der Waals surface area contributed by atoms with E-state index in [1.165, 1.54) is 0 Å². The molecule has 1 heterocycles. The molecule has 0 saturated carbocycles. The number of aromatic hydroxyl groups is 1. The maximum absolute atomic E-state index is 12.6. The number of phenols is 1. The Hall–Kier alpha value is -2.19. The molecule has 114 valence electrons. The van der Waals surface area contributed by atoms with Crippen molar-refractivity contribution in [2.45, 2.75) is 18.9 Å². The molecule has 9 heteroatoms. The molecule has 0 bridgehead atoms. The van der Waals surface area contributed by atoms with E-state index in [-0.39, 0.29) is 11.1 Å². The van der Waals surface area contributed by atoms with Crippen molar-refractivity contribution in [1.82, 2.24) is 9.78 Å². The lowest BCUT2D eigenvalue weighted by molar-refractivity contribution is -0.142. The van der Waals surface area contributed by atoms with E-state index in [9.17, 15) is 31.4 Å². The molecule has 2 aromatic rings. The van der Waals surface area contributed by atoms with Gasteiger partial charge in [0, 0.05) is 17.3 Å². The zero-order valence-electron chi connectivity index (χ0n) is 10.2. The van der Waals surface area contributed by atoms with Crippen molar-refractivity contribution in [2.75, 3.05) is 0 Å². The number of benzene rings is 1. The monoisotopic (exact) mass is 310 g/mol. The van der Waals surface area contributed by atoms with Gasteiger partial charge in [-0.25, -0.2) is 0 Å². The van der Waals surface area contributed by atoms with Gasteiger partial charge in [0.2, 0.25) is 0 Å². The first kappa shape index (κ1) is 15.2. The fraction of sp³-hybridized carbons (Fsp3) is 0.250. The normalized spacial score (nSPS) is 12.7. The van der Waals surface area contributed by atoms with Crippen LogP contribution in [0.15, 0.2) is 30.6 Å². The minimum absolute atomic E-state index is 0.0390. The second kappa shape index (κ2) is 4.97. The van der Waals surface area contributed by atoms with Crippen molar-refractivity contribution in [2.24, 2.45) is 0 Å². The molecule has 0 atom stereocenters. The number of phenolic OH excluding ortho intramolecular Hbond substituents is 1. The quantitative estimate of drug-likeness (QED) is 0.856. The molecule has 0 radical (unpaired) electrons. The fourth-order valence-corrected chi connectivity index (χ4v) is 1.72. The van der Waals surface area contributed by atoms with Crippen molar-refractivity contribution in [3.05, 3.63) is 36.2 Å². The van der Waals surface area contributed by atoms with Gasteiger partial charge in [0.1, 0.15) is 12.3 Å². The Morgan fingerprint density at radius 3 is 2.33 bits per heavy atom. The molecule has 0 unspecified atom stereocenters. The highest BCUT2D eigenvalue weighted by molar-refractivity contribution is 5.69. The summed E-state index contributed by atoms with van der Waals surface area (Å²) in [6.07, 6.45) is -7.24. The highest BCUT2D eigenvalue weighted by atomic mass is 19.4. The summed E-state index contributed by atoms with van der Waals surface area (Å²) in [5, 5.41) is 13.0. The smallest absolute Gasteiger partial charge is 0.416 e. The van der Waals surface area contributed by atoms with Crippen LogP contribution in [-0.2, 0) is 12.7 Å². The van der Waals surface area contributed by atoms with Gasteiger partial charge in [0.25, 0.3) is 0 Å². The molecule has 2 rings (SSSR count). The van der Waals surface area contributed by atoms with Crippen LogP contribution in [0.2, 0.25) is 0 Å². The minimum Gasteiger partial charge on any atom is -0.507 e. The Balaban J connectivity index is 2.38. The first-order valence-corrected chi connectivity index (χ1v) is 5.56. The fourth-order valence-electron chi connectivity index (χ4n) is 1.72. The van der Waals surface area contributed by atoms with E-state index in [0.29, 0.717) is 16.8 Å². The third-order valence-corrected chi connectivity index (χ3v) is 2.61. The number of rotatable bonds is 2. The molecule has 1 N–H and O–H groups in total. The lowest BCUT2D eigenvalue weighted by Crippen LogP contribution is -2.17. The van der Waals surface area contributed by atoms with Crippen LogP contribution in [0.25, 0.3) is 11.1 Å². The van der Waals surface area contributed by atoms with Gasteiger partial charge >= 0.3 is 12.4 Å². The van der Waals surface area contributed by atoms with E-state index in [1.807, 2.05) is 0 Å². The summed E-state index contributed by atoms with van der Waals surface area (Å²) >= 11 is 0. The van der Waals surface area contributed by atoms with E-state index in [2.05, 4.69) is 5.10 Å². The summed E-state index contributed by atoms with van der Waals surface area (Å²) < 4.78 is 74.9. The maximum atomic E-state index is 12.6. The van der Waals surface area contributed by atoms with Gasteiger partial charge in [-0.1, -0.05) is 0 Å². The average molecular weight is 310 g/mol. The first-order chi connectivity index (χ1) is 9.56. The van der Waals surface area contributed by atoms with Crippen molar-refractivity contribution in [3.8, 4) is 16.9 Å². The van der Waals surface area contributed by atoms with Gasteiger partial charge in [0.15, 0.2) is 0 Å². The average Bonchev–Trinajstić information content (AvgIpc) is 2.73. The molecule has 21 heavy (non-hydrogen) atoms. The van der Waals surface area contributed by atoms with Crippen molar-refractivity contribution in [3.63, 3.8) is 0 Å². The second-order valence-electron chi connectivity index (χ2n) is 4.27. The van der Waals surface area contributed by atoms with Crippen LogP contribution in [0.5, 0.6) is 5.75 Å². The van der Waals surface area contributed by atoms with Crippen LogP contribution in [-0.4, -0.2) is 21.1 Å². The van der Waals surface area contributed by atoms with Gasteiger partial charge in [-0.05, 0) is 18.2 Å². The number of nitrogens with zero attached hydrogens (tertiary/aromatic N) is 2. The molecule has 1 aromatic heterocycles. The number of halogens is 6. The molecule has 0 saturated heterocycles. The number of aromatic nitrogens is 2. The number of hydrogen-bond donors (Lipinski definition) is 1. The van der Waals surface area contributed by atoms with Crippen molar-refractivity contribution in [1.29, 1.82) is 0 Å². The predicted molar refractivity (Wildman–Crippen MR) is 60.4 cm³/mol. The Morgan fingerprint density at radius 1 is 1.10 bits per heavy atom. The summed E-state index contributed by atoms with van der Waals surface area (Å²) in [4.78, 5) is 0. The molecule has 0 aliphatic heterocycles. The molecule has 0 spiro atoms. The molecule has 0 aliphatic rings. The summed E-state index contributed by atoms with van der Waals surface area (Å²) in [7, 11) is 0.